The third-order valence-corrected chi connectivity index (χ3v) is 7.07. The van der Waals surface area contributed by atoms with Crippen molar-refractivity contribution in [3.63, 3.8) is 0 Å². The van der Waals surface area contributed by atoms with Gasteiger partial charge in [-0.25, -0.2) is 8.42 Å². The van der Waals surface area contributed by atoms with Crippen molar-refractivity contribution in [2.45, 2.75) is 26.4 Å². The molecule has 32 heavy (non-hydrogen) atoms. The molecule has 2 aromatic rings. The molecule has 0 unspecified atom stereocenters. The minimum atomic E-state index is -3.89. The van der Waals surface area contributed by atoms with Gasteiger partial charge in [-0.2, -0.15) is 0 Å². The normalized spacial score (nSPS) is 12.2. The summed E-state index contributed by atoms with van der Waals surface area (Å²) in [5.41, 5.74) is 0.860. The molecule has 1 atom stereocenters. The first-order valence-electron chi connectivity index (χ1n) is 9.69. The smallest absolute Gasteiger partial charge is 0.244 e. The molecule has 1 N–H and O–H groups in total. The Kier molecular flexibility index (Phi) is 9.39. The number of nitrogens with zero attached hydrogens (tertiary/aromatic N) is 2. The highest BCUT2D eigenvalue weighted by molar-refractivity contribution is 9.10. The molecule has 0 spiro atoms. The Morgan fingerprint density at radius 2 is 1.81 bits per heavy atom. The molecule has 0 aliphatic rings. The minimum absolute atomic E-state index is 0.0164. The van der Waals surface area contributed by atoms with E-state index < -0.39 is 28.5 Å². The highest BCUT2D eigenvalue weighted by Crippen LogP contribution is 2.33. The van der Waals surface area contributed by atoms with E-state index in [1.807, 2.05) is 24.3 Å². The lowest BCUT2D eigenvalue weighted by atomic mass is 10.1. The zero-order valence-electron chi connectivity index (χ0n) is 17.8. The van der Waals surface area contributed by atoms with Crippen LogP contribution in [0, 0.1) is 0 Å². The summed E-state index contributed by atoms with van der Waals surface area (Å²) in [4.78, 5) is 27.2. The van der Waals surface area contributed by atoms with Crippen LogP contribution in [0.25, 0.3) is 0 Å². The molecule has 0 aromatic heterocycles. The van der Waals surface area contributed by atoms with Gasteiger partial charge in [-0.15, -0.1) is 0 Å². The van der Waals surface area contributed by atoms with Crippen molar-refractivity contribution in [2.75, 3.05) is 23.7 Å². The molecule has 0 fully saturated rings. The predicted molar refractivity (Wildman–Crippen MR) is 131 cm³/mol. The van der Waals surface area contributed by atoms with Crippen LogP contribution in [0.5, 0.6) is 0 Å². The Labute approximate surface area is 206 Å². The monoisotopic (exact) mass is 563 g/mol. The van der Waals surface area contributed by atoms with Crippen molar-refractivity contribution < 1.29 is 18.0 Å². The van der Waals surface area contributed by atoms with E-state index in [2.05, 4.69) is 21.2 Å². The van der Waals surface area contributed by atoms with Crippen molar-refractivity contribution in [1.29, 1.82) is 0 Å². The van der Waals surface area contributed by atoms with Crippen molar-refractivity contribution in [2.24, 2.45) is 0 Å². The lowest BCUT2D eigenvalue weighted by Gasteiger charge is -2.31. The van der Waals surface area contributed by atoms with Crippen LogP contribution in [0.4, 0.5) is 5.69 Å². The van der Waals surface area contributed by atoms with Gasteiger partial charge in [-0.05, 0) is 43.7 Å². The molecule has 11 heteroatoms. The van der Waals surface area contributed by atoms with E-state index in [0.29, 0.717) is 6.54 Å². The first-order valence-corrected chi connectivity index (χ1v) is 13.1. The quantitative estimate of drug-likeness (QED) is 0.497. The number of hydrogen-bond donors (Lipinski definition) is 1. The summed E-state index contributed by atoms with van der Waals surface area (Å²) in [6.07, 6.45) is 0.976. The van der Waals surface area contributed by atoms with Gasteiger partial charge in [0.15, 0.2) is 0 Å². The fourth-order valence-corrected chi connectivity index (χ4v) is 4.77. The minimum Gasteiger partial charge on any atom is -0.355 e. The second-order valence-electron chi connectivity index (χ2n) is 7.06. The SMILES string of the molecule is CCNC(=O)[C@H](C)N(Cc1cccc(Br)c1)C(=O)CN(c1cccc(Cl)c1Cl)S(C)(=O)=O. The number of rotatable bonds is 9. The maximum absolute atomic E-state index is 13.4. The molecule has 0 saturated heterocycles. The van der Waals surface area contributed by atoms with Gasteiger partial charge >= 0.3 is 0 Å². The van der Waals surface area contributed by atoms with Gasteiger partial charge in [0, 0.05) is 17.6 Å². The fraction of sp³-hybridized carbons (Fsp3) is 0.333. The van der Waals surface area contributed by atoms with Crippen molar-refractivity contribution in [3.8, 4) is 0 Å². The summed E-state index contributed by atoms with van der Waals surface area (Å²) in [6.45, 7) is 3.33. The number of nitrogens with one attached hydrogen (secondary N) is 1. The molecule has 0 heterocycles. The first-order chi connectivity index (χ1) is 15.0. The Bertz CT molecular complexity index is 1100. The van der Waals surface area contributed by atoms with Crippen LogP contribution in [0.3, 0.4) is 0 Å². The molecule has 7 nitrogen and oxygen atoms in total. The van der Waals surface area contributed by atoms with Crippen LogP contribution in [-0.4, -0.2) is 50.5 Å². The second kappa shape index (κ2) is 11.4. The molecule has 0 aliphatic carbocycles. The van der Waals surface area contributed by atoms with E-state index in [1.54, 1.807) is 19.9 Å². The number of likely N-dealkylation sites (N-methyl/N-ethyl adjacent to an activating group) is 1. The average Bonchev–Trinajstić information content (AvgIpc) is 2.71. The fourth-order valence-electron chi connectivity index (χ4n) is 3.02. The maximum Gasteiger partial charge on any atom is 0.244 e. The Balaban J connectivity index is 2.43. The maximum atomic E-state index is 13.4. The lowest BCUT2D eigenvalue weighted by Crippen LogP contribution is -2.51. The summed E-state index contributed by atoms with van der Waals surface area (Å²) >= 11 is 15.7. The van der Waals surface area contributed by atoms with Gasteiger partial charge in [0.2, 0.25) is 21.8 Å². The molecular weight excluding hydrogens is 541 g/mol. The number of halogens is 3. The summed E-state index contributed by atoms with van der Waals surface area (Å²) in [5, 5.41) is 2.87. The van der Waals surface area contributed by atoms with Crippen LogP contribution in [0.1, 0.15) is 19.4 Å². The summed E-state index contributed by atoms with van der Waals surface area (Å²) < 4.78 is 26.8. The van der Waals surface area contributed by atoms with Crippen LogP contribution in [-0.2, 0) is 26.2 Å². The van der Waals surface area contributed by atoms with E-state index in [4.69, 9.17) is 23.2 Å². The van der Waals surface area contributed by atoms with E-state index in [1.165, 1.54) is 17.0 Å². The van der Waals surface area contributed by atoms with Gasteiger partial charge in [0.1, 0.15) is 12.6 Å². The number of amides is 2. The summed E-state index contributed by atoms with van der Waals surface area (Å²) in [6, 6.07) is 11.0. The molecule has 0 radical (unpaired) electrons. The van der Waals surface area contributed by atoms with Crippen LogP contribution in [0.15, 0.2) is 46.9 Å². The molecule has 0 bridgehead atoms. The third-order valence-electron chi connectivity index (χ3n) is 4.64. The first kappa shape index (κ1) is 26.4. The summed E-state index contributed by atoms with van der Waals surface area (Å²) in [7, 11) is -3.89. The van der Waals surface area contributed by atoms with Crippen LogP contribution >= 0.6 is 39.1 Å². The van der Waals surface area contributed by atoms with Gasteiger partial charge in [0.05, 0.1) is 22.0 Å². The Morgan fingerprint density at radius 1 is 1.16 bits per heavy atom. The van der Waals surface area contributed by atoms with Gasteiger partial charge in [0.25, 0.3) is 0 Å². The molecule has 2 rings (SSSR count). The molecule has 174 valence electrons. The van der Waals surface area contributed by atoms with E-state index in [9.17, 15) is 18.0 Å². The van der Waals surface area contributed by atoms with E-state index in [-0.39, 0.29) is 28.2 Å². The number of benzene rings is 2. The third kappa shape index (κ3) is 6.84. The molecular formula is C21H24BrCl2N3O4S. The zero-order chi connectivity index (χ0) is 24.1. The van der Waals surface area contributed by atoms with Gasteiger partial charge in [-0.3, -0.25) is 13.9 Å². The number of anilines is 1. The van der Waals surface area contributed by atoms with Crippen molar-refractivity contribution in [1.82, 2.24) is 10.2 Å². The van der Waals surface area contributed by atoms with Crippen molar-refractivity contribution in [3.05, 3.63) is 62.5 Å². The summed E-state index contributed by atoms with van der Waals surface area (Å²) in [5.74, 6) is -0.910. The van der Waals surface area contributed by atoms with Crippen molar-refractivity contribution >= 4 is 66.7 Å². The number of carbonyl (C=O) groups is 2. The lowest BCUT2D eigenvalue weighted by molar-refractivity contribution is -0.139. The topological polar surface area (TPSA) is 86.8 Å². The van der Waals surface area contributed by atoms with E-state index in [0.717, 1.165) is 20.6 Å². The Hall–Kier alpha value is -1.81. The average molecular weight is 565 g/mol. The largest absolute Gasteiger partial charge is 0.355 e. The Morgan fingerprint density at radius 3 is 2.41 bits per heavy atom. The number of sulfonamides is 1. The van der Waals surface area contributed by atoms with E-state index >= 15 is 0 Å². The second-order valence-corrected chi connectivity index (χ2v) is 10.7. The molecule has 0 saturated carbocycles. The van der Waals surface area contributed by atoms with Crippen LogP contribution < -0.4 is 9.62 Å². The number of hydrogen-bond acceptors (Lipinski definition) is 4. The highest BCUT2D eigenvalue weighted by atomic mass is 79.9. The molecule has 2 aromatic carbocycles. The van der Waals surface area contributed by atoms with Gasteiger partial charge < -0.3 is 10.2 Å². The van der Waals surface area contributed by atoms with Crippen LogP contribution in [0.2, 0.25) is 10.0 Å². The highest BCUT2D eigenvalue weighted by Gasteiger charge is 2.30. The number of carbonyl (C=O) groups excluding carboxylic acids is 2. The standard InChI is InChI=1S/C21H24BrCl2N3O4S/c1-4-25-21(29)14(2)26(12-15-7-5-8-16(22)11-15)19(28)13-27(32(3,30)31)18-10-6-9-17(23)20(18)24/h5-11,14H,4,12-13H2,1-3H3,(H,25,29)/t14-/m0/s1. The molecule has 0 aliphatic heterocycles. The zero-order valence-corrected chi connectivity index (χ0v) is 21.7. The molecule has 2 amide bonds. The predicted octanol–water partition coefficient (Wildman–Crippen LogP) is 4.08. The van der Waals surface area contributed by atoms with Gasteiger partial charge in [-0.1, -0.05) is 57.3 Å².